The number of hydrogen-bond acceptors (Lipinski definition) is 1. The second-order valence-electron chi connectivity index (χ2n) is 5.65. The molecule has 0 saturated heterocycles. The van der Waals surface area contributed by atoms with Gasteiger partial charge in [-0.05, 0) is 37.0 Å². The van der Waals surface area contributed by atoms with Crippen LogP contribution in [0.5, 0.6) is 0 Å². The number of rotatable bonds is 4. The van der Waals surface area contributed by atoms with Gasteiger partial charge in [0.1, 0.15) is 5.82 Å². The zero-order valence-corrected chi connectivity index (χ0v) is 12.3. The molecule has 2 aromatic carbocycles. The van der Waals surface area contributed by atoms with Crippen molar-refractivity contribution in [3.05, 3.63) is 77.6 Å². The van der Waals surface area contributed by atoms with Gasteiger partial charge >= 0.3 is 0 Å². The molecule has 1 saturated carbocycles. The van der Waals surface area contributed by atoms with Gasteiger partial charge in [-0.1, -0.05) is 48.5 Å². The Kier molecular flexibility index (Phi) is 4.05. The maximum absolute atomic E-state index is 13.5. The Morgan fingerprint density at radius 1 is 1.05 bits per heavy atom. The van der Waals surface area contributed by atoms with E-state index in [1.807, 2.05) is 30.3 Å². The number of carbonyl (C=O) groups is 1. The Morgan fingerprint density at radius 3 is 2.36 bits per heavy atom. The maximum Gasteiger partial charge on any atom is 0.244 e. The Bertz CT molecular complexity index is 690. The van der Waals surface area contributed by atoms with Crippen LogP contribution < -0.4 is 5.32 Å². The lowest BCUT2D eigenvalue weighted by atomic mass is 9.72. The Balaban J connectivity index is 1.72. The number of halogens is 1. The lowest BCUT2D eigenvalue weighted by Crippen LogP contribution is -2.50. The van der Waals surface area contributed by atoms with Crippen molar-refractivity contribution >= 4 is 12.0 Å². The molecule has 0 radical (unpaired) electrons. The molecule has 1 fully saturated rings. The number of benzene rings is 2. The van der Waals surface area contributed by atoms with Crippen molar-refractivity contribution in [2.45, 2.75) is 24.8 Å². The quantitative estimate of drug-likeness (QED) is 0.848. The first-order valence-corrected chi connectivity index (χ1v) is 7.50. The van der Waals surface area contributed by atoms with Crippen LogP contribution in [0, 0.1) is 5.82 Å². The van der Waals surface area contributed by atoms with Gasteiger partial charge in [0.25, 0.3) is 0 Å². The normalized spacial score (nSPS) is 16.2. The van der Waals surface area contributed by atoms with Crippen LogP contribution in [0.2, 0.25) is 0 Å². The van der Waals surface area contributed by atoms with E-state index in [-0.39, 0.29) is 17.3 Å². The summed E-state index contributed by atoms with van der Waals surface area (Å²) in [4.78, 5) is 12.2. The molecule has 112 valence electrons. The van der Waals surface area contributed by atoms with Gasteiger partial charge in [-0.2, -0.15) is 0 Å². The SMILES string of the molecule is O=C(/C=C/c1ccccc1F)NC1(c2ccccc2)CCC1. The zero-order chi connectivity index (χ0) is 15.4. The fourth-order valence-corrected chi connectivity index (χ4v) is 2.83. The fraction of sp³-hybridized carbons (Fsp3) is 0.211. The number of nitrogens with one attached hydrogen (secondary N) is 1. The van der Waals surface area contributed by atoms with Gasteiger partial charge in [0.15, 0.2) is 0 Å². The van der Waals surface area contributed by atoms with Crippen molar-refractivity contribution in [1.29, 1.82) is 0 Å². The third-order valence-electron chi connectivity index (χ3n) is 4.22. The number of carbonyl (C=O) groups excluding carboxylic acids is 1. The van der Waals surface area contributed by atoms with Crippen LogP contribution in [0.1, 0.15) is 30.4 Å². The van der Waals surface area contributed by atoms with Crippen LogP contribution >= 0.6 is 0 Å². The predicted octanol–water partition coefficient (Wildman–Crippen LogP) is 4.03. The summed E-state index contributed by atoms with van der Waals surface area (Å²) < 4.78 is 13.5. The molecule has 1 N–H and O–H groups in total. The van der Waals surface area contributed by atoms with Gasteiger partial charge in [0.2, 0.25) is 5.91 Å². The minimum absolute atomic E-state index is 0.188. The van der Waals surface area contributed by atoms with Gasteiger partial charge in [-0.25, -0.2) is 4.39 Å². The summed E-state index contributed by atoms with van der Waals surface area (Å²) in [7, 11) is 0. The zero-order valence-electron chi connectivity index (χ0n) is 12.3. The van der Waals surface area contributed by atoms with E-state index in [1.54, 1.807) is 18.2 Å². The topological polar surface area (TPSA) is 29.1 Å². The summed E-state index contributed by atoms with van der Waals surface area (Å²) in [5, 5.41) is 3.09. The fourth-order valence-electron chi connectivity index (χ4n) is 2.83. The smallest absolute Gasteiger partial charge is 0.244 e. The summed E-state index contributed by atoms with van der Waals surface area (Å²) in [5.74, 6) is -0.514. The van der Waals surface area contributed by atoms with Crippen LogP contribution in [0.4, 0.5) is 4.39 Å². The predicted molar refractivity (Wildman–Crippen MR) is 85.5 cm³/mol. The second-order valence-corrected chi connectivity index (χ2v) is 5.65. The molecule has 1 aliphatic carbocycles. The maximum atomic E-state index is 13.5. The molecule has 2 nitrogen and oxygen atoms in total. The molecule has 0 bridgehead atoms. The third kappa shape index (κ3) is 2.93. The Morgan fingerprint density at radius 2 is 1.73 bits per heavy atom. The Hall–Kier alpha value is -2.42. The lowest BCUT2D eigenvalue weighted by molar-refractivity contribution is -0.119. The molecular formula is C19H18FNO. The van der Waals surface area contributed by atoms with Gasteiger partial charge in [0.05, 0.1) is 5.54 Å². The number of hydrogen-bond donors (Lipinski definition) is 1. The van der Waals surface area contributed by atoms with Crippen molar-refractivity contribution in [3.8, 4) is 0 Å². The minimum Gasteiger partial charge on any atom is -0.343 e. The molecule has 1 amide bonds. The molecule has 0 heterocycles. The standard InChI is InChI=1S/C19H18FNO/c20-17-10-5-4-7-15(17)11-12-18(22)21-19(13-6-14-19)16-8-2-1-3-9-16/h1-5,7-12H,6,13-14H2,(H,21,22)/b12-11+. The molecule has 1 aliphatic rings. The summed E-state index contributed by atoms with van der Waals surface area (Å²) in [6.07, 6.45) is 5.90. The van der Waals surface area contributed by atoms with Crippen LogP contribution in [-0.2, 0) is 10.3 Å². The first kappa shape index (κ1) is 14.5. The molecule has 0 aliphatic heterocycles. The van der Waals surface area contributed by atoms with Crippen molar-refractivity contribution in [1.82, 2.24) is 5.32 Å². The highest BCUT2D eigenvalue weighted by atomic mass is 19.1. The highest BCUT2D eigenvalue weighted by Crippen LogP contribution is 2.41. The van der Waals surface area contributed by atoms with Crippen LogP contribution in [0.15, 0.2) is 60.7 Å². The monoisotopic (exact) mass is 295 g/mol. The molecule has 3 heteroatoms. The van der Waals surface area contributed by atoms with E-state index >= 15 is 0 Å². The van der Waals surface area contributed by atoms with E-state index in [1.165, 1.54) is 18.2 Å². The van der Waals surface area contributed by atoms with Gasteiger partial charge in [-0.15, -0.1) is 0 Å². The highest BCUT2D eigenvalue weighted by molar-refractivity contribution is 5.92. The first-order valence-electron chi connectivity index (χ1n) is 7.50. The van der Waals surface area contributed by atoms with E-state index in [4.69, 9.17) is 0 Å². The summed E-state index contributed by atoms with van der Waals surface area (Å²) in [5.41, 5.74) is 1.28. The largest absolute Gasteiger partial charge is 0.343 e. The Labute approximate surface area is 129 Å². The molecule has 2 aromatic rings. The summed E-state index contributed by atoms with van der Waals surface area (Å²) in [6, 6.07) is 16.4. The van der Waals surface area contributed by atoms with Gasteiger partial charge in [-0.3, -0.25) is 4.79 Å². The van der Waals surface area contributed by atoms with Crippen molar-refractivity contribution in [2.75, 3.05) is 0 Å². The third-order valence-corrected chi connectivity index (χ3v) is 4.22. The van der Waals surface area contributed by atoms with Gasteiger partial charge < -0.3 is 5.32 Å². The van der Waals surface area contributed by atoms with E-state index in [0.29, 0.717) is 5.56 Å². The van der Waals surface area contributed by atoms with E-state index in [2.05, 4.69) is 5.32 Å². The highest BCUT2D eigenvalue weighted by Gasteiger charge is 2.39. The molecule has 0 atom stereocenters. The molecule has 0 spiro atoms. The van der Waals surface area contributed by atoms with E-state index < -0.39 is 0 Å². The van der Waals surface area contributed by atoms with Crippen LogP contribution in [0.25, 0.3) is 6.08 Å². The van der Waals surface area contributed by atoms with Crippen LogP contribution in [-0.4, -0.2) is 5.91 Å². The average Bonchev–Trinajstić information content (AvgIpc) is 2.51. The van der Waals surface area contributed by atoms with Crippen molar-refractivity contribution in [3.63, 3.8) is 0 Å². The first-order chi connectivity index (χ1) is 10.7. The molecule has 0 aromatic heterocycles. The molecule has 3 rings (SSSR count). The van der Waals surface area contributed by atoms with E-state index in [0.717, 1.165) is 24.8 Å². The lowest BCUT2D eigenvalue weighted by Gasteiger charge is -2.42. The van der Waals surface area contributed by atoms with Crippen molar-refractivity contribution in [2.24, 2.45) is 0 Å². The molecular weight excluding hydrogens is 277 g/mol. The summed E-state index contributed by atoms with van der Waals surface area (Å²) in [6.45, 7) is 0. The van der Waals surface area contributed by atoms with Crippen LogP contribution in [0.3, 0.4) is 0 Å². The molecule has 0 unspecified atom stereocenters. The molecule has 22 heavy (non-hydrogen) atoms. The van der Waals surface area contributed by atoms with E-state index in [9.17, 15) is 9.18 Å². The minimum atomic E-state index is -0.326. The summed E-state index contributed by atoms with van der Waals surface area (Å²) >= 11 is 0. The van der Waals surface area contributed by atoms with Gasteiger partial charge in [0, 0.05) is 11.6 Å². The number of amides is 1. The average molecular weight is 295 g/mol. The second kappa shape index (κ2) is 6.14. The van der Waals surface area contributed by atoms with Crippen molar-refractivity contribution < 1.29 is 9.18 Å².